The highest BCUT2D eigenvalue weighted by Crippen LogP contribution is 2.29. The fraction of sp³-hybridized carbons (Fsp3) is 0.917. The van der Waals surface area contributed by atoms with Gasteiger partial charge in [0, 0.05) is 19.1 Å². The van der Waals surface area contributed by atoms with E-state index >= 15 is 0 Å². The molecule has 2 fully saturated rings. The Balaban J connectivity index is 1.97. The highest BCUT2D eigenvalue weighted by atomic mass is 16.2. The summed E-state index contributed by atoms with van der Waals surface area (Å²) >= 11 is 0. The molecule has 2 saturated heterocycles. The third kappa shape index (κ3) is 2.23. The molecule has 0 aromatic rings. The van der Waals surface area contributed by atoms with Gasteiger partial charge >= 0.3 is 0 Å². The van der Waals surface area contributed by atoms with Crippen LogP contribution in [0.5, 0.6) is 0 Å². The fourth-order valence-corrected chi connectivity index (χ4v) is 3.14. The normalized spacial score (nSPS) is 33.3. The number of carbonyl (C=O) groups is 1. The SMILES string of the molecule is C[C@H](N)C(=O)N1CCC2C(CCCN2C)C1. The Labute approximate surface area is 97.8 Å². The summed E-state index contributed by atoms with van der Waals surface area (Å²) in [6, 6.07) is 0.337. The average molecular weight is 225 g/mol. The van der Waals surface area contributed by atoms with E-state index < -0.39 is 0 Å². The van der Waals surface area contributed by atoms with Crippen molar-refractivity contribution in [1.82, 2.24) is 9.80 Å². The number of carbonyl (C=O) groups excluding carboxylic acids is 1. The molecule has 0 saturated carbocycles. The van der Waals surface area contributed by atoms with Gasteiger partial charge in [0.15, 0.2) is 0 Å². The molecule has 2 aliphatic heterocycles. The molecule has 0 aliphatic carbocycles. The van der Waals surface area contributed by atoms with E-state index in [0.717, 1.165) is 19.5 Å². The van der Waals surface area contributed by atoms with E-state index in [2.05, 4.69) is 11.9 Å². The summed E-state index contributed by atoms with van der Waals surface area (Å²) in [5.74, 6) is 0.780. The molecule has 1 amide bonds. The van der Waals surface area contributed by atoms with Crippen molar-refractivity contribution in [3.63, 3.8) is 0 Å². The van der Waals surface area contributed by atoms with E-state index in [1.807, 2.05) is 4.90 Å². The summed E-state index contributed by atoms with van der Waals surface area (Å²) in [5.41, 5.74) is 5.66. The topological polar surface area (TPSA) is 49.6 Å². The molecule has 0 radical (unpaired) electrons. The second-order valence-electron chi connectivity index (χ2n) is 5.31. The zero-order valence-corrected chi connectivity index (χ0v) is 10.4. The maximum atomic E-state index is 11.8. The Hall–Kier alpha value is -0.610. The van der Waals surface area contributed by atoms with Crippen LogP contribution in [0.1, 0.15) is 26.2 Å². The van der Waals surface area contributed by atoms with Crippen molar-refractivity contribution in [2.24, 2.45) is 11.7 Å². The smallest absolute Gasteiger partial charge is 0.239 e. The first kappa shape index (κ1) is 11.9. The minimum Gasteiger partial charge on any atom is -0.341 e. The van der Waals surface area contributed by atoms with Gasteiger partial charge in [0.25, 0.3) is 0 Å². The number of nitrogens with two attached hydrogens (primary N) is 1. The van der Waals surface area contributed by atoms with Gasteiger partial charge in [-0.3, -0.25) is 4.79 Å². The lowest BCUT2D eigenvalue weighted by molar-refractivity contribution is -0.135. The van der Waals surface area contributed by atoms with Crippen molar-refractivity contribution in [3.8, 4) is 0 Å². The second-order valence-corrected chi connectivity index (χ2v) is 5.31. The molecule has 3 atom stereocenters. The molecule has 2 aliphatic rings. The van der Waals surface area contributed by atoms with Gasteiger partial charge < -0.3 is 15.5 Å². The first-order valence-electron chi connectivity index (χ1n) is 6.34. The fourth-order valence-electron chi connectivity index (χ4n) is 3.14. The first-order valence-corrected chi connectivity index (χ1v) is 6.34. The van der Waals surface area contributed by atoms with E-state index in [-0.39, 0.29) is 11.9 Å². The standard InChI is InChI=1S/C12H23N3O/c1-9(13)12(16)15-7-5-11-10(8-15)4-3-6-14(11)2/h9-11H,3-8,13H2,1-2H3/t9-,10?,11?/m0/s1. The van der Waals surface area contributed by atoms with Crippen LogP contribution < -0.4 is 5.73 Å². The number of hydrogen-bond donors (Lipinski definition) is 1. The molecular weight excluding hydrogens is 202 g/mol. The van der Waals surface area contributed by atoms with Gasteiger partial charge in [-0.25, -0.2) is 0 Å². The second kappa shape index (κ2) is 4.72. The van der Waals surface area contributed by atoms with Crippen molar-refractivity contribution in [1.29, 1.82) is 0 Å². The molecular formula is C12H23N3O. The van der Waals surface area contributed by atoms with Gasteiger partial charge in [-0.15, -0.1) is 0 Å². The predicted molar refractivity (Wildman–Crippen MR) is 64.0 cm³/mol. The summed E-state index contributed by atoms with van der Waals surface area (Å²) in [4.78, 5) is 16.3. The molecule has 0 bridgehead atoms. The number of rotatable bonds is 1. The number of amides is 1. The van der Waals surface area contributed by atoms with E-state index in [1.54, 1.807) is 6.92 Å². The van der Waals surface area contributed by atoms with E-state index in [0.29, 0.717) is 12.0 Å². The lowest BCUT2D eigenvalue weighted by Crippen LogP contribution is -2.56. The summed E-state index contributed by atoms with van der Waals surface area (Å²) in [6.45, 7) is 4.78. The molecule has 2 heterocycles. The summed E-state index contributed by atoms with van der Waals surface area (Å²) in [6.07, 6.45) is 3.63. The monoisotopic (exact) mass is 225 g/mol. The summed E-state index contributed by atoms with van der Waals surface area (Å²) in [7, 11) is 2.21. The maximum absolute atomic E-state index is 11.8. The lowest BCUT2D eigenvalue weighted by atomic mass is 9.84. The van der Waals surface area contributed by atoms with Gasteiger partial charge in [0.1, 0.15) is 0 Å². The summed E-state index contributed by atoms with van der Waals surface area (Å²) < 4.78 is 0. The zero-order chi connectivity index (χ0) is 11.7. The highest BCUT2D eigenvalue weighted by Gasteiger charge is 2.36. The number of piperidine rings is 2. The van der Waals surface area contributed by atoms with Crippen molar-refractivity contribution in [2.45, 2.75) is 38.3 Å². The van der Waals surface area contributed by atoms with Crippen molar-refractivity contribution >= 4 is 5.91 Å². The van der Waals surface area contributed by atoms with Crippen LogP contribution >= 0.6 is 0 Å². The molecule has 2 rings (SSSR count). The first-order chi connectivity index (χ1) is 7.59. The van der Waals surface area contributed by atoms with Crippen LogP contribution in [0, 0.1) is 5.92 Å². The van der Waals surface area contributed by atoms with Gasteiger partial charge in [0.2, 0.25) is 5.91 Å². The molecule has 0 spiro atoms. The molecule has 2 unspecified atom stereocenters. The predicted octanol–water partition coefficient (Wildman–Crippen LogP) is 0.276. The van der Waals surface area contributed by atoms with Gasteiger partial charge in [-0.1, -0.05) is 0 Å². The lowest BCUT2D eigenvalue weighted by Gasteiger charge is -2.46. The van der Waals surface area contributed by atoms with Crippen LogP contribution in [0.2, 0.25) is 0 Å². The molecule has 92 valence electrons. The van der Waals surface area contributed by atoms with Gasteiger partial charge in [-0.2, -0.15) is 0 Å². The van der Waals surface area contributed by atoms with Crippen LogP contribution in [-0.4, -0.2) is 54.5 Å². The van der Waals surface area contributed by atoms with Crippen LogP contribution in [0.3, 0.4) is 0 Å². The van der Waals surface area contributed by atoms with Crippen LogP contribution in [0.15, 0.2) is 0 Å². The third-order valence-corrected chi connectivity index (χ3v) is 4.05. The quantitative estimate of drug-likeness (QED) is 0.697. The molecule has 4 heteroatoms. The Morgan fingerprint density at radius 2 is 2.12 bits per heavy atom. The zero-order valence-electron chi connectivity index (χ0n) is 10.4. The number of hydrogen-bond acceptors (Lipinski definition) is 3. The van der Waals surface area contributed by atoms with E-state index in [9.17, 15) is 4.79 Å². The molecule has 0 aromatic carbocycles. The van der Waals surface area contributed by atoms with Crippen molar-refractivity contribution in [3.05, 3.63) is 0 Å². The number of nitrogens with zero attached hydrogens (tertiary/aromatic N) is 2. The summed E-state index contributed by atoms with van der Waals surface area (Å²) in [5, 5.41) is 0. The molecule has 16 heavy (non-hydrogen) atoms. The molecule has 4 nitrogen and oxygen atoms in total. The molecule has 2 N–H and O–H groups in total. The Morgan fingerprint density at radius 3 is 2.81 bits per heavy atom. The van der Waals surface area contributed by atoms with Crippen LogP contribution in [-0.2, 0) is 4.79 Å². The van der Waals surface area contributed by atoms with Gasteiger partial charge in [0.05, 0.1) is 6.04 Å². The van der Waals surface area contributed by atoms with E-state index in [1.165, 1.54) is 19.4 Å². The minimum absolute atomic E-state index is 0.117. The number of fused-ring (bicyclic) bond motifs is 1. The Morgan fingerprint density at radius 1 is 1.38 bits per heavy atom. The minimum atomic E-state index is -0.349. The Kier molecular flexibility index (Phi) is 3.50. The highest BCUT2D eigenvalue weighted by molar-refractivity contribution is 5.81. The van der Waals surface area contributed by atoms with Crippen molar-refractivity contribution < 1.29 is 4.79 Å². The van der Waals surface area contributed by atoms with Crippen LogP contribution in [0.25, 0.3) is 0 Å². The molecule has 0 aromatic heterocycles. The van der Waals surface area contributed by atoms with Crippen LogP contribution in [0.4, 0.5) is 0 Å². The van der Waals surface area contributed by atoms with Crippen molar-refractivity contribution in [2.75, 3.05) is 26.7 Å². The maximum Gasteiger partial charge on any atom is 0.239 e. The largest absolute Gasteiger partial charge is 0.341 e. The third-order valence-electron chi connectivity index (χ3n) is 4.05. The average Bonchev–Trinajstić information content (AvgIpc) is 2.28. The Bertz CT molecular complexity index is 267. The van der Waals surface area contributed by atoms with Gasteiger partial charge in [-0.05, 0) is 45.7 Å². The number of likely N-dealkylation sites (tertiary alicyclic amines) is 2. The van der Waals surface area contributed by atoms with E-state index in [4.69, 9.17) is 5.73 Å².